The minimum atomic E-state index is -1.09. The van der Waals surface area contributed by atoms with E-state index in [1.165, 1.54) is 25.1 Å². The Bertz CT molecular complexity index is 378. The number of nitrogens with zero attached hydrogens (tertiary/aromatic N) is 1. The van der Waals surface area contributed by atoms with Crippen molar-refractivity contribution < 1.29 is 14.8 Å². The van der Waals surface area contributed by atoms with Crippen LogP contribution in [0.1, 0.15) is 15.9 Å². The van der Waals surface area contributed by atoms with Crippen molar-refractivity contribution in [2.75, 3.05) is 0 Å². The summed E-state index contributed by atoms with van der Waals surface area (Å²) in [4.78, 5) is 20.3. The number of benzene rings is 1. The number of halogens is 1. The van der Waals surface area contributed by atoms with Gasteiger partial charge in [0, 0.05) is 11.6 Å². The highest BCUT2D eigenvalue weighted by Gasteiger charge is 2.12. The molecule has 0 unspecified atom stereocenters. The molecule has 0 aliphatic rings. The van der Waals surface area contributed by atoms with Gasteiger partial charge in [0.05, 0.1) is 10.5 Å². The van der Waals surface area contributed by atoms with Gasteiger partial charge < -0.3 is 5.11 Å². The second kappa shape index (κ2) is 4.57. The van der Waals surface area contributed by atoms with Crippen LogP contribution in [0, 0.1) is 17.0 Å². The molecule has 0 saturated carbocycles. The minimum absolute atomic E-state index is 0. The summed E-state index contributed by atoms with van der Waals surface area (Å²) in [5.41, 5.74) is 0.345. The Kier molecular flexibility index (Phi) is 4.04. The van der Waals surface area contributed by atoms with Gasteiger partial charge in [0.25, 0.3) is 5.69 Å². The number of aromatic carboxylic acids is 1. The number of nitro groups is 1. The summed E-state index contributed by atoms with van der Waals surface area (Å²) in [7, 11) is 0. The number of carboxylic acid groups (broad SMARTS) is 1. The Balaban J connectivity index is 0.00000169. The zero-order valence-corrected chi connectivity index (χ0v) is 8.08. The van der Waals surface area contributed by atoms with E-state index in [-0.39, 0.29) is 23.7 Å². The molecule has 0 atom stereocenters. The molecule has 0 aliphatic heterocycles. The normalized spacial score (nSPS) is 8.93. The fourth-order valence-corrected chi connectivity index (χ4v) is 0.993. The first kappa shape index (κ1) is 12.4. The summed E-state index contributed by atoms with van der Waals surface area (Å²) in [6, 6.07) is 3.69. The Morgan fingerprint density at radius 3 is 2.43 bits per heavy atom. The smallest absolute Gasteiger partial charge is 0.335 e. The van der Waals surface area contributed by atoms with Crippen molar-refractivity contribution in [3.63, 3.8) is 0 Å². The first-order valence-corrected chi connectivity index (χ1v) is 3.50. The molecule has 0 saturated heterocycles. The third-order valence-corrected chi connectivity index (χ3v) is 1.64. The molecule has 0 amide bonds. The molecule has 0 fully saturated rings. The predicted molar refractivity (Wildman–Crippen MR) is 52.0 cm³/mol. The van der Waals surface area contributed by atoms with Gasteiger partial charge in [-0.2, -0.15) is 0 Å². The lowest BCUT2D eigenvalue weighted by Crippen LogP contribution is -1.98. The molecular formula is C8H8ClNO4. The van der Waals surface area contributed by atoms with Gasteiger partial charge in [-0.3, -0.25) is 10.1 Å². The molecule has 14 heavy (non-hydrogen) atoms. The van der Waals surface area contributed by atoms with E-state index in [4.69, 9.17) is 5.11 Å². The molecule has 0 aromatic heterocycles. The highest BCUT2D eigenvalue weighted by Crippen LogP contribution is 2.18. The van der Waals surface area contributed by atoms with Crippen molar-refractivity contribution in [3.8, 4) is 0 Å². The van der Waals surface area contributed by atoms with Crippen molar-refractivity contribution in [3.05, 3.63) is 39.4 Å². The first-order valence-electron chi connectivity index (χ1n) is 3.50. The summed E-state index contributed by atoms with van der Waals surface area (Å²) < 4.78 is 0. The van der Waals surface area contributed by atoms with Gasteiger partial charge in [-0.15, -0.1) is 12.4 Å². The maximum Gasteiger partial charge on any atom is 0.335 e. The average molecular weight is 218 g/mol. The number of carbonyl (C=O) groups is 1. The molecule has 0 radical (unpaired) electrons. The van der Waals surface area contributed by atoms with E-state index >= 15 is 0 Å². The second-order valence-corrected chi connectivity index (χ2v) is 2.56. The largest absolute Gasteiger partial charge is 0.478 e. The maximum atomic E-state index is 10.5. The summed E-state index contributed by atoms with van der Waals surface area (Å²) in [5.74, 6) is -1.09. The molecular weight excluding hydrogens is 210 g/mol. The summed E-state index contributed by atoms with van der Waals surface area (Å²) >= 11 is 0. The Morgan fingerprint density at radius 2 is 2.07 bits per heavy atom. The van der Waals surface area contributed by atoms with Gasteiger partial charge in [-0.1, -0.05) is 0 Å². The van der Waals surface area contributed by atoms with Gasteiger partial charge in [-0.05, 0) is 19.1 Å². The summed E-state index contributed by atoms with van der Waals surface area (Å²) in [6.45, 7) is 1.50. The van der Waals surface area contributed by atoms with E-state index in [1.807, 2.05) is 0 Å². The van der Waals surface area contributed by atoms with E-state index in [1.54, 1.807) is 0 Å². The minimum Gasteiger partial charge on any atom is -0.478 e. The zero-order chi connectivity index (χ0) is 10.0. The van der Waals surface area contributed by atoms with Crippen LogP contribution in [0.4, 0.5) is 5.69 Å². The van der Waals surface area contributed by atoms with Gasteiger partial charge in [0.2, 0.25) is 0 Å². The van der Waals surface area contributed by atoms with Crippen LogP contribution < -0.4 is 0 Å². The highest BCUT2D eigenvalue weighted by molar-refractivity contribution is 5.88. The molecule has 5 nitrogen and oxygen atoms in total. The number of rotatable bonds is 2. The number of hydrogen-bond acceptors (Lipinski definition) is 3. The van der Waals surface area contributed by atoms with Gasteiger partial charge in [0.15, 0.2) is 0 Å². The summed E-state index contributed by atoms with van der Waals surface area (Å²) in [6.07, 6.45) is 0. The van der Waals surface area contributed by atoms with Crippen LogP contribution >= 0.6 is 12.4 Å². The van der Waals surface area contributed by atoms with Gasteiger partial charge in [0.1, 0.15) is 0 Å². The van der Waals surface area contributed by atoms with Crippen molar-refractivity contribution in [1.29, 1.82) is 0 Å². The Morgan fingerprint density at radius 1 is 1.50 bits per heavy atom. The molecule has 6 heteroatoms. The average Bonchev–Trinajstić information content (AvgIpc) is 2.03. The van der Waals surface area contributed by atoms with Crippen molar-refractivity contribution in [2.24, 2.45) is 0 Å². The predicted octanol–water partition coefficient (Wildman–Crippen LogP) is 2.02. The van der Waals surface area contributed by atoms with E-state index in [9.17, 15) is 14.9 Å². The lowest BCUT2D eigenvalue weighted by molar-refractivity contribution is -0.385. The topological polar surface area (TPSA) is 80.4 Å². The molecule has 1 N–H and O–H groups in total. The summed E-state index contributed by atoms with van der Waals surface area (Å²) in [5, 5.41) is 18.9. The van der Waals surface area contributed by atoms with Crippen molar-refractivity contribution >= 4 is 24.1 Å². The lowest BCUT2D eigenvalue weighted by Gasteiger charge is -1.97. The van der Waals surface area contributed by atoms with E-state index in [0.717, 1.165) is 0 Å². The van der Waals surface area contributed by atoms with Crippen LogP contribution in [0.15, 0.2) is 18.2 Å². The van der Waals surface area contributed by atoms with Crippen LogP contribution in [0.25, 0.3) is 0 Å². The maximum absolute atomic E-state index is 10.5. The number of carboxylic acids is 1. The monoisotopic (exact) mass is 217 g/mol. The van der Waals surface area contributed by atoms with Crippen LogP contribution in [0.5, 0.6) is 0 Å². The third-order valence-electron chi connectivity index (χ3n) is 1.64. The van der Waals surface area contributed by atoms with E-state index < -0.39 is 10.9 Å². The van der Waals surface area contributed by atoms with Gasteiger partial charge >= 0.3 is 5.97 Å². The third kappa shape index (κ3) is 2.43. The fraction of sp³-hybridized carbons (Fsp3) is 0.125. The molecule has 0 spiro atoms. The Labute approximate surface area is 85.9 Å². The molecule has 0 heterocycles. The molecule has 1 rings (SSSR count). The number of aryl methyl sites for hydroxylation is 1. The highest BCUT2D eigenvalue weighted by atomic mass is 35.5. The molecule has 1 aromatic carbocycles. The van der Waals surface area contributed by atoms with E-state index in [0.29, 0.717) is 5.56 Å². The lowest BCUT2D eigenvalue weighted by atomic mass is 10.1. The SMILES string of the molecule is Cc1cc(C(=O)O)ccc1[N+](=O)[O-].Cl. The van der Waals surface area contributed by atoms with Crippen LogP contribution in [0.2, 0.25) is 0 Å². The number of nitro benzene ring substituents is 1. The zero-order valence-electron chi connectivity index (χ0n) is 7.26. The second-order valence-electron chi connectivity index (χ2n) is 2.56. The molecule has 76 valence electrons. The molecule has 0 aliphatic carbocycles. The standard InChI is InChI=1S/C8H7NO4.ClH/c1-5-4-6(8(10)11)2-3-7(5)9(12)13;/h2-4H,1H3,(H,10,11);1H. The van der Waals surface area contributed by atoms with Crippen molar-refractivity contribution in [2.45, 2.75) is 6.92 Å². The first-order chi connectivity index (χ1) is 6.02. The van der Waals surface area contributed by atoms with Crippen LogP contribution in [-0.4, -0.2) is 16.0 Å². The Hall–Kier alpha value is -1.62. The molecule has 0 bridgehead atoms. The number of hydrogen-bond donors (Lipinski definition) is 1. The quantitative estimate of drug-likeness (QED) is 0.607. The molecule has 1 aromatic rings. The van der Waals surface area contributed by atoms with Crippen LogP contribution in [-0.2, 0) is 0 Å². The van der Waals surface area contributed by atoms with Crippen LogP contribution in [0.3, 0.4) is 0 Å². The van der Waals surface area contributed by atoms with Gasteiger partial charge in [-0.25, -0.2) is 4.79 Å². The van der Waals surface area contributed by atoms with E-state index in [2.05, 4.69) is 0 Å². The fourth-order valence-electron chi connectivity index (χ4n) is 0.993. The van der Waals surface area contributed by atoms with Crippen molar-refractivity contribution in [1.82, 2.24) is 0 Å².